The Morgan fingerprint density at radius 2 is 1.74 bits per heavy atom. The number of carbonyl (C=O) groups is 2. The number of hydrogen-bond donors (Lipinski definition) is 0. The van der Waals surface area contributed by atoms with Crippen LogP contribution in [0.25, 0.3) is 10.1 Å². The largest absolute Gasteiger partial charge is 0.476 e. The smallest absolute Gasteiger partial charge is 0.416 e. The fourth-order valence-electron chi connectivity index (χ4n) is 3.62. The first-order valence-corrected chi connectivity index (χ1v) is 11.7. The fraction of sp³-hybridized carbons (Fsp3) is 0.385. The predicted molar refractivity (Wildman–Crippen MR) is 127 cm³/mol. The van der Waals surface area contributed by atoms with Crippen molar-refractivity contribution >= 4 is 33.2 Å². The third-order valence-corrected chi connectivity index (χ3v) is 6.90. The van der Waals surface area contributed by atoms with Crippen LogP contribution in [0.15, 0.2) is 36.4 Å². The standard InChI is InChI=1S/C26H27F3O4S/c1-6-32-24(31)25(4,5)33-21-10-7-17(13-15(21)2)20(30)9-12-22-16(3)19-14-18(26(27,28)29)8-11-23(19)34-22/h7-8,10-11,13-14H,6,9,12H2,1-5H3. The van der Waals surface area contributed by atoms with Crippen molar-refractivity contribution in [2.45, 2.75) is 59.2 Å². The van der Waals surface area contributed by atoms with E-state index in [0.717, 1.165) is 21.2 Å². The normalized spacial score (nSPS) is 12.1. The van der Waals surface area contributed by atoms with Crippen LogP contribution in [0.1, 0.15) is 59.1 Å². The second-order valence-electron chi connectivity index (χ2n) is 8.60. The van der Waals surface area contributed by atoms with Gasteiger partial charge in [-0.15, -0.1) is 11.3 Å². The second kappa shape index (κ2) is 9.78. The van der Waals surface area contributed by atoms with Gasteiger partial charge in [0.1, 0.15) is 5.75 Å². The van der Waals surface area contributed by atoms with Crippen molar-refractivity contribution < 1.29 is 32.2 Å². The molecule has 0 aliphatic carbocycles. The molecule has 8 heteroatoms. The quantitative estimate of drug-likeness (QED) is 0.249. The number of esters is 1. The number of ether oxygens (including phenoxy) is 2. The van der Waals surface area contributed by atoms with Gasteiger partial charge in [-0.3, -0.25) is 4.79 Å². The number of benzene rings is 2. The van der Waals surface area contributed by atoms with Crippen LogP contribution in [-0.2, 0) is 22.1 Å². The monoisotopic (exact) mass is 492 g/mol. The molecule has 0 fully saturated rings. The van der Waals surface area contributed by atoms with Crippen LogP contribution in [0.2, 0.25) is 0 Å². The van der Waals surface area contributed by atoms with E-state index >= 15 is 0 Å². The van der Waals surface area contributed by atoms with Crippen molar-refractivity contribution in [2.75, 3.05) is 6.61 Å². The molecular weight excluding hydrogens is 465 g/mol. The summed E-state index contributed by atoms with van der Waals surface area (Å²) in [7, 11) is 0. The molecule has 0 spiro atoms. The van der Waals surface area contributed by atoms with E-state index in [9.17, 15) is 22.8 Å². The highest BCUT2D eigenvalue weighted by atomic mass is 32.1. The molecule has 0 N–H and O–H groups in total. The second-order valence-corrected chi connectivity index (χ2v) is 9.73. The van der Waals surface area contributed by atoms with Gasteiger partial charge in [-0.05, 0) is 94.0 Å². The first-order chi connectivity index (χ1) is 15.8. The Labute approximate surface area is 200 Å². The van der Waals surface area contributed by atoms with Crippen LogP contribution in [0.3, 0.4) is 0 Å². The molecule has 0 amide bonds. The van der Waals surface area contributed by atoms with Crippen LogP contribution in [0, 0.1) is 13.8 Å². The summed E-state index contributed by atoms with van der Waals surface area (Å²) >= 11 is 1.42. The van der Waals surface area contributed by atoms with Gasteiger partial charge in [0.25, 0.3) is 0 Å². The molecule has 0 saturated heterocycles. The lowest BCUT2D eigenvalue weighted by atomic mass is 10.0. The summed E-state index contributed by atoms with van der Waals surface area (Å²) in [6.07, 6.45) is -3.72. The Kier molecular flexibility index (Phi) is 7.41. The molecule has 0 unspecified atom stereocenters. The Bertz CT molecular complexity index is 1220. The Balaban J connectivity index is 1.72. The number of rotatable bonds is 8. The van der Waals surface area contributed by atoms with Crippen molar-refractivity contribution in [1.29, 1.82) is 0 Å². The molecule has 0 aliphatic rings. The van der Waals surface area contributed by atoms with E-state index in [4.69, 9.17) is 9.47 Å². The van der Waals surface area contributed by atoms with Crippen molar-refractivity contribution in [3.8, 4) is 5.75 Å². The molecule has 3 rings (SSSR count). The number of hydrogen-bond acceptors (Lipinski definition) is 5. The van der Waals surface area contributed by atoms with Gasteiger partial charge in [-0.25, -0.2) is 4.79 Å². The van der Waals surface area contributed by atoms with Gasteiger partial charge in [0, 0.05) is 21.6 Å². The molecule has 3 aromatic rings. The average molecular weight is 493 g/mol. The van der Waals surface area contributed by atoms with E-state index in [1.165, 1.54) is 23.5 Å². The molecule has 0 saturated carbocycles. The lowest BCUT2D eigenvalue weighted by molar-refractivity contribution is -0.158. The minimum absolute atomic E-state index is 0.0767. The van der Waals surface area contributed by atoms with Crippen LogP contribution < -0.4 is 4.74 Å². The molecule has 1 heterocycles. The van der Waals surface area contributed by atoms with Crippen LogP contribution in [0.5, 0.6) is 5.75 Å². The number of thiophene rings is 1. The summed E-state index contributed by atoms with van der Waals surface area (Å²) in [5.41, 5.74) is 0.155. The van der Waals surface area contributed by atoms with E-state index in [2.05, 4.69) is 0 Å². The van der Waals surface area contributed by atoms with Crippen molar-refractivity contribution in [2.24, 2.45) is 0 Å². The van der Waals surface area contributed by atoms with Gasteiger partial charge in [0.2, 0.25) is 0 Å². The van der Waals surface area contributed by atoms with Crippen LogP contribution in [0.4, 0.5) is 13.2 Å². The summed E-state index contributed by atoms with van der Waals surface area (Å²) in [5.74, 6) is -0.0711. The Hall–Kier alpha value is -2.87. The topological polar surface area (TPSA) is 52.6 Å². The molecule has 0 atom stereocenters. The zero-order valence-corrected chi connectivity index (χ0v) is 20.6. The molecule has 4 nitrogen and oxygen atoms in total. The lowest BCUT2D eigenvalue weighted by Crippen LogP contribution is -2.39. The predicted octanol–water partition coefficient (Wildman–Crippen LogP) is 7.07. The van der Waals surface area contributed by atoms with Gasteiger partial charge >= 0.3 is 12.1 Å². The summed E-state index contributed by atoms with van der Waals surface area (Å²) in [6.45, 7) is 8.80. The SMILES string of the molecule is CCOC(=O)C(C)(C)Oc1ccc(C(=O)CCc2sc3ccc(C(F)(F)F)cc3c2C)cc1C. The molecule has 182 valence electrons. The highest BCUT2D eigenvalue weighted by Crippen LogP contribution is 2.37. The van der Waals surface area contributed by atoms with E-state index in [1.54, 1.807) is 52.8 Å². The van der Waals surface area contributed by atoms with Gasteiger partial charge in [-0.2, -0.15) is 13.2 Å². The average Bonchev–Trinajstić information content (AvgIpc) is 3.08. The van der Waals surface area contributed by atoms with E-state index < -0.39 is 23.3 Å². The van der Waals surface area contributed by atoms with Crippen LogP contribution >= 0.6 is 11.3 Å². The maximum Gasteiger partial charge on any atom is 0.416 e. The van der Waals surface area contributed by atoms with Gasteiger partial charge in [0.15, 0.2) is 11.4 Å². The van der Waals surface area contributed by atoms with E-state index in [0.29, 0.717) is 28.7 Å². The van der Waals surface area contributed by atoms with E-state index in [-0.39, 0.29) is 18.8 Å². The van der Waals surface area contributed by atoms with Gasteiger partial charge in [0.05, 0.1) is 12.2 Å². The fourth-order valence-corrected chi connectivity index (χ4v) is 4.81. The molecule has 2 aromatic carbocycles. The lowest BCUT2D eigenvalue weighted by Gasteiger charge is -2.25. The number of Topliss-reactive ketones (excluding diaryl/α,β-unsaturated/α-hetero) is 1. The Morgan fingerprint density at radius 3 is 2.35 bits per heavy atom. The van der Waals surface area contributed by atoms with Crippen LogP contribution in [-0.4, -0.2) is 24.0 Å². The maximum atomic E-state index is 13.0. The number of aryl methyl sites for hydroxylation is 3. The third-order valence-electron chi connectivity index (χ3n) is 5.57. The highest BCUT2D eigenvalue weighted by molar-refractivity contribution is 7.19. The molecular formula is C26H27F3O4S. The summed E-state index contributed by atoms with van der Waals surface area (Å²) in [5, 5.41) is 0.573. The molecule has 0 aliphatic heterocycles. The molecule has 0 radical (unpaired) electrons. The van der Waals surface area contributed by atoms with Gasteiger partial charge in [-0.1, -0.05) is 0 Å². The summed E-state index contributed by atoms with van der Waals surface area (Å²) in [4.78, 5) is 25.8. The van der Waals surface area contributed by atoms with Gasteiger partial charge < -0.3 is 9.47 Å². The first-order valence-electron chi connectivity index (χ1n) is 10.9. The summed E-state index contributed by atoms with van der Waals surface area (Å²) < 4.78 is 50.8. The molecule has 0 bridgehead atoms. The molecule has 1 aromatic heterocycles. The van der Waals surface area contributed by atoms with Crippen molar-refractivity contribution in [1.82, 2.24) is 0 Å². The number of alkyl halides is 3. The zero-order valence-electron chi connectivity index (χ0n) is 19.8. The minimum atomic E-state index is -4.39. The van der Waals surface area contributed by atoms with E-state index in [1.807, 2.05) is 0 Å². The van der Waals surface area contributed by atoms with Crippen molar-refractivity contribution in [3.05, 3.63) is 63.5 Å². The van der Waals surface area contributed by atoms with Crippen molar-refractivity contribution in [3.63, 3.8) is 0 Å². The zero-order chi connectivity index (χ0) is 25.3. The third kappa shape index (κ3) is 5.60. The number of carbonyl (C=O) groups excluding carboxylic acids is 2. The number of halogens is 3. The maximum absolute atomic E-state index is 13.0. The molecule has 34 heavy (non-hydrogen) atoms. The minimum Gasteiger partial charge on any atom is -0.476 e. The Morgan fingerprint density at radius 1 is 1.03 bits per heavy atom. The number of fused-ring (bicyclic) bond motifs is 1. The highest BCUT2D eigenvalue weighted by Gasteiger charge is 2.32. The number of ketones is 1. The first kappa shape index (κ1) is 25.7. The summed E-state index contributed by atoms with van der Waals surface area (Å²) in [6, 6.07) is 8.77.